The number of hydrogen-bond donors (Lipinski definition) is 0. The molecule has 0 N–H and O–H groups in total. The summed E-state index contributed by atoms with van der Waals surface area (Å²) >= 11 is 0. The number of nitrogens with zero attached hydrogens (tertiary/aromatic N) is 2. The molecular formula is C30H36N2O2. The van der Waals surface area contributed by atoms with Crippen LogP contribution >= 0.6 is 0 Å². The van der Waals surface area contributed by atoms with Crippen molar-refractivity contribution in [2.45, 2.75) is 38.5 Å². The van der Waals surface area contributed by atoms with Gasteiger partial charge in [-0.3, -0.25) is 9.59 Å². The first-order valence-corrected chi connectivity index (χ1v) is 12.9. The SMILES string of the molecule is C=C1C(C(=O)N2CCC(Cc3ccccc3)CC2)C1C(=O)N1CCC(Cc2ccccc2)CC1. The van der Waals surface area contributed by atoms with Gasteiger partial charge in [-0.05, 0) is 61.5 Å². The smallest absolute Gasteiger partial charge is 0.230 e. The third-order valence-electron chi connectivity index (χ3n) is 8.14. The van der Waals surface area contributed by atoms with Crippen LogP contribution in [0.4, 0.5) is 0 Å². The zero-order valence-electron chi connectivity index (χ0n) is 20.1. The van der Waals surface area contributed by atoms with Gasteiger partial charge in [0.25, 0.3) is 0 Å². The molecule has 5 rings (SSSR count). The molecule has 0 spiro atoms. The van der Waals surface area contributed by atoms with E-state index >= 15 is 0 Å². The maximum atomic E-state index is 13.2. The molecule has 2 heterocycles. The van der Waals surface area contributed by atoms with Crippen molar-refractivity contribution in [1.29, 1.82) is 0 Å². The minimum absolute atomic E-state index is 0.125. The summed E-state index contributed by atoms with van der Waals surface area (Å²) in [5.74, 6) is 0.924. The summed E-state index contributed by atoms with van der Waals surface area (Å²) < 4.78 is 0. The Labute approximate surface area is 203 Å². The molecule has 2 saturated heterocycles. The van der Waals surface area contributed by atoms with E-state index in [0.29, 0.717) is 11.8 Å². The van der Waals surface area contributed by atoms with Crippen LogP contribution in [0.15, 0.2) is 72.8 Å². The van der Waals surface area contributed by atoms with Crippen LogP contribution in [0, 0.1) is 23.7 Å². The second-order valence-corrected chi connectivity index (χ2v) is 10.4. The average molecular weight is 457 g/mol. The molecule has 2 aromatic rings. The minimum atomic E-state index is -0.291. The van der Waals surface area contributed by atoms with E-state index in [1.807, 2.05) is 9.80 Å². The lowest BCUT2D eigenvalue weighted by Crippen LogP contribution is -2.42. The number of piperidine rings is 2. The summed E-state index contributed by atoms with van der Waals surface area (Å²) in [6.07, 6.45) is 6.31. The maximum absolute atomic E-state index is 13.2. The summed E-state index contributed by atoms with van der Waals surface area (Å²) in [6, 6.07) is 21.2. The van der Waals surface area contributed by atoms with Gasteiger partial charge in [0.15, 0.2) is 0 Å². The Morgan fingerprint density at radius 2 is 1.00 bits per heavy atom. The molecule has 2 amide bonds. The lowest BCUT2D eigenvalue weighted by molar-refractivity contribution is -0.139. The van der Waals surface area contributed by atoms with Crippen LogP contribution in [0.2, 0.25) is 0 Å². The van der Waals surface area contributed by atoms with E-state index in [-0.39, 0.29) is 23.7 Å². The normalized spacial score (nSPS) is 23.7. The maximum Gasteiger partial charge on any atom is 0.230 e. The van der Waals surface area contributed by atoms with Gasteiger partial charge >= 0.3 is 0 Å². The summed E-state index contributed by atoms with van der Waals surface area (Å²) in [5.41, 5.74) is 3.58. The fourth-order valence-electron chi connectivity index (χ4n) is 5.92. The molecule has 0 bridgehead atoms. The molecule has 4 nitrogen and oxygen atoms in total. The lowest BCUT2D eigenvalue weighted by atomic mass is 9.90. The molecule has 4 heteroatoms. The van der Waals surface area contributed by atoms with Crippen LogP contribution in [0.25, 0.3) is 0 Å². The zero-order chi connectivity index (χ0) is 23.5. The molecule has 0 aromatic heterocycles. The van der Waals surface area contributed by atoms with Crippen molar-refractivity contribution < 1.29 is 9.59 Å². The Morgan fingerprint density at radius 3 is 1.35 bits per heavy atom. The van der Waals surface area contributed by atoms with Crippen LogP contribution < -0.4 is 0 Å². The molecule has 0 radical (unpaired) electrons. The van der Waals surface area contributed by atoms with Gasteiger partial charge < -0.3 is 9.80 Å². The highest BCUT2D eigenvalue weighted by atomic mass is 16.2. The Bertz CT molecular complexity index is 921. The number of benzene rings is 2. The van der Waals surface area contributed by atoms with E-state index in [1.165, 1.54) is 11.1 Å². The third-order valence-corrected chi connectivity index (χ3v) is 8.14. The highest BCUT2D eigenvalue weighted by molar-refractivity contribution is 5.99. The number of carbonyl (C=O) groups excluding carboxylic acids is 2. The molecule has 3 aliphatic rings. The molecular weight excluding hydrogens is 420 g/mol. The first-order valence-electron chi connectivity index (χ1n) is 12.9. The Balaban J connectivity index is 1.08. The molecule has 2 aromatic carbocycles. The molecule has 2 aliphatic heterocycles. The van der Waals surface area contributed by atoms with Crippen molar-refractivity contribution >= 4 is 11.8 Å². The van der Waals surface area contributed by atoms with Crippen LogP contribution in [-0.2, 0) is 22.4 Å². The van der Waals surface area contributed by atoms with E-state index < -0.39 is 0 Å². The van der Waals surface area contributed by atoms with E-state index in [1.54, 1.807) is 0 Å². The molecule has 1 aliphatic carbocycles. The Hall–Kier alpha value is -2.88. The Morgan fingerprint density at radius 1 is 0.647 bits per heavy atom. The predicted octanol–water partition coefficient (Wildman–Crippen LogP) is 4.75. The quantitative estimate of drug-likeness (QED) is 0.589. The highest BCUT2D eigenvalue weighted by Gasteiger charge is 2.55. The average Bonchev–Trinajstić information content (AvgIpc) is 3.56. The Kier molecular flexibility index (Phi) is 6.85. The van der Waals surface area contributed by atoms with Gasteiger partial charge in [0.1, 0.15) is 0 Å². The van der Waals surface area contributed by atoms with E-state index in [2.05, 4.69) is 67.2 Å². The van der Waals surface area contributed by atoms with Crippen LogP contribution in [0.3, 0.4) is 0 Å². The number of amides is 2. The van der Waals surface area contributed by atoms with Crippen molar-refractivity contribution in [3.05, 3.63) is 83.9 Å². The number of rotatable bonds is 6. The minimum Gasteiger partial charge on any atom is -0.342 e. The van der Waals surface area contributed by atoms with Crippen LogP contribution in [0.1, 0.15) is 36.8 Å². The van der Waals surface area contributed by atoms with Crippen molar-refractivity contribution in [3.63, 3.8) is 0 Å². The molecule has 2 atom stereocenters. The monoisotopic (exact) mass is 456 g/mol. The van der Waals surface area contributed by atoms with Gasteiger partial charge in [-0.25, -0.2) is 0 Å². The standard InChI is InChI=1S/C30H36N2O2/c1-22-27(29(33)31-16-12-25(13-17-31)20-23-8-4-2-5-9-23)28(22)30(34)32-18-14-26(15-19-32)21-24-10-6-3-7-11-24/h2-11,25-28H,1,12-21H2. The molecule has 1 saturated carbocycles. The van der Waals surface area contributed by atoms with Gasteiger partial charge in [0, 0.05) is 26.2 Å². The topological polar surface area (TPSA) is 40.6 Å². The van der Waals surface area contributed by atoms with Gasteiger partial charge in [-0.2, -0.15) is 0 Å². The highest BCUT2D eigenvalue weighted by Crippen LogP contribution is 2.47. The third kappa shape index (κ3) is 5.11. The fourth-order valence-corrected chi connectivity index (χ4v) is 5.92. The van der Waals surface area contributed by atoms with E-state index in [9.17, 15) is 9.59 Å². The summed E-state index contributed by atoms with van der Waals surface area (Å²) in [5, 5.41) is 0. The van der Waals surface area contributed by atoms with Crippen molar-refractivity contribution in [3.8, 4) is 0 Å². The second-order valence-electron chi connectivity index (χ2n) is 10.4. The predicted molar refractivity (Wildman–Crippen MR) is 135 cm³/mol. The number of likely N-dealkylation sites (tertiary alicyclic amines) is 2. The summed E-state index contributed by atoms with van der Waals surface area (Å²) in [6.45, 7) is 7.30. The van der Waals surface area contributed by atoms with Gasteiger partial charge in [0.05, 0.1) is 11.8 Å². The lowest BCUT2D eigenvalue weighted by Gasteiger charge is -2.33. The molecule has 3 fully saturated rings. The largest absolute Gasteiger partial charge is 0.342 e. The number of hydrogen-bond acceptors (Lipinski definition) is 2. The first-order chi connectivity index (χ1) is 16.6. The van der Waals surface area contributed by atoms with Crippen molar-refractivity contribution in [2.75, 3.05) is 26.2 Å². The number of carbonyl (C=O) groups is 2. The van der Waals surface area contributed by atoms with E-state index in [4.69, 9.17) is 0 Å². The first kappa shape index (κ1) is 22.9. The van der Waals surface area contributed by atoms with Crippen molar-refractivity contribution in [2.24, 2.45) is 23.7 Å². The van der Waals surface area contributed by atoms with Gasteiger partial charge in [0.2, 0.25) is 11.8 Å². The summed E-state index contributed by atoms with van der Waals surface area (Å²) in [7, 11) is 0. The zero-order valence-corrected chi connectivity index (χ0v) is 20.1. The molecule has 2 unspecified atom stereocenters. The molecule has 178 valence electrons. The van der Waals surface area contributed by atoms with Gasteiger partial charge in [-0.15, -0.1) is 0 Å². The summed E-state index contributed by atoms with van der Waals surface area (Å²) in [4.78, 5) is 30.3. The second kappa shape index (κ2) is 10.2. The molecule has 34 heavy (non-hydrogen) atoms. The van der Waals surface area contributed by atoms with Crippen LogP contribution in [0.5, 0.6) is 0 Å². The van der Waals surface area contributed by atoms with E-state index in [0.717, 1.165) is 70.3 Å². The van der Waals surface area contributed by atoms with Crippen LogP contribution in [-0.4, -0.2) is 47.8 Å². The fraction of sp³-hybridized carbons (Fsp3) is 0.467. The van der Waals surface area contributed by atoms with Gasteiger partial charge in [-0.1, -0.05) is 72.8 Å². The van der Waals surface area contributed by atoms with Crippen molar-refractivity contribution in [1.82, 2.24) is 9.80 Å².